The molecule has 0 aromatic heterocycles. The van der Waals surface area contributed by atoms with E-state index in [1.54, 1.807) is 12.1 Å². The molecule has 1 atom stereocenters. The van der Waals surface area contributed by atoms with Gasteiger partial charge in [-0.15, -0.1) is 0 Å². The Morgan fingerprint density at radius 1 is 1.03 bits per heavy atom. The zero-order chi connectivity index (χ0) is 21.9. The molecule has 0 aliphatic carbocycles. The summed E-state index contributed by atoms with van der Waals surface area (Å²) in [7, 11) is -0.612. The monoisotopic (exact) mass is 425 g/mol. The number of hydrogen-bond acceptors (Lipinski definition) is 4. The summed E-state index contributed by atoms with van der Waals surface area (Å²) in [5.41, 5.74) is 2.40. The molecule has 0 bridgehead atoms. The first-order valence-electron chi connectivity index (χ1n) is 9.74. The highest BCUT2D eigenvalue weighted by Crippen LogP contribution is 2.24. The lowest BCUT2D eigenvalue weighted by atomic mass is 10.00. The molecule has 2 N–H and O–H groups in total. The highest BCUT2D eigenvalue weighted by atomic mass is 32.2. The topological polar surface area (TPSA) is 78.5 Å². The number of aryl methyl sites for hydroxylation is 1. The van der Waals surface area contributed by atoms with Crippen molar-refractivity contribution in [2.45, 2.75) is 24.8 Å². The molecule has 30 heavy (non-hydrogen) atoms. The highest BCUT2D eigenvalue weighted by molar-refractivity contribution is 7.89. The molecular formula is C23H27N3O3S. The third-order valence-corrected chi connectivity index (χ3v) is 6.93. The van der Waals surface area contributed by atoms with E-state index in [1.807, 2.05) is 32.0 Å². The first-order chi connectivity index (χ1) is 14.2. The van der Waals surface area contributed by atoms with Crippen molar-refractivity contribution in [3.05, 3.63) is 71.8 Å². The van der Waals surface area contributed by atoms with Gasteiger partial charge in [-0.3, -0.25) is 4.79 Å². The van der Waals surface area contributed by atoms with Gasteiger partial charge in [0.25, 0.3) is 0 Å². The number of fused-ring (bicyclic) bond motifs is 1. The maximum absolute atomic E-state index is 12.5. The van der Waals surface area contributed by atoms with Crippen LogP contribution in [-0.4, -0.2) is 39.3 Å². The molecule has 7 heteroatoms. The van der Waals surface area contributed by atoms with E-state index in [0.29, 0.717) is 5.69 Å². The van der Waals surface area contributed by atoms with Crippen LogP contribution in [0.2, 0.25) is 0 Å². The molecule has 1 amide bonds. The van der Waals surface area contributed by atoms with Gasteiger partial charge in [0.1, 0.15) is 0 Å². The number of benzene rings is 3. The van der Waals surface area contributed by atoms with Gasteiger partial charge in [-0.1, -0.05) is 48.5 Å². The van der Waals surface area contributed by atoms with E-state index >= 15 is 0 Å². The minimum atomic E-state index is -3.57. The van der Waals surface area contributed by atoms with Crippen LogP contribution in [0.3, 0.4) is 0 Å². The number of sulfonamides is 1. The van der Waals surface area contributed by atoms with Crippen LogP contribution in [0.5, 0.6) is 0 Å². The van der Waals surface area contributed by atoms with Crippen LogP contribution in [0, 0.1) is 6.92 Å². The smallest absolute Gasteiger partial charge is 0.242 e. The van der Waals surface area contributed by atoms with Gasteiger partial charge in [0.2, 0.25) is 15.9 Å². The SMILES string of the molecule is Cc1ccc(S(=O)(=O)N(C)C)cc1NC(=O)CNC(C)c1cccc2ccccc12. The van der Waals surface area contributed by atoms with Gasteiger partial charge in [-0.05, 0) is 47.9 Å². The third kappa shape index (κ3) is 4.70. The molecule has 3 aromatic carbocycles. The van der Waals surface area contributed by atoms with Gasteiger partial charge in [-0.2, -0.15) is 0 Å². The molecule has 0 aliphatic heterocycles. The number of nitrogens with one attached hydrogen (secondary N) is 2. The van der Waals surface area contributed by atoms with Gasteiger partial charge in [0.05, 0.1) is 11.4 Å². The van der Waals surface area contributed by atoms with Gasteiger partial charge in [0, 0.05) is 25.8 Å². The van der Waals surface area contributed by atoms with E-state index in [0.717, 1.165) is 26.2 Å². The zero-order valence-corrected chi connectivity index (χ0v) is 18.5. The van der Waals surface area contributed by atoms with Crippen molar-refractivity contribution in [2.24, 2.45) is 0 Å². The summed E-state index contributed by atoms with van der Waals surface area (Å²) in [6.07, 6.45) is 0. The van der Waals surface area contributed by atoms with Crippen molar-refractivity contribution in [3.63, 3.8) is 0 Å². The predicted molar refractivity (Wildman–Crippen MR) is 121 cm³/mol. The number of hydrogen-bond donors (Lipinski definition) is 2. The number of nitrogens with zero attached hydrogens (tertiary/aromatic N) is 1. The standard InChI is InChI=1S/C23H27N3O3S/c1-16-12-13-19(30(28,29)26(3)4)14-22(16)25-23(27)15-24-17(2)20-11-7-9-18-8-5-6-10-21(18)20/h5-14,17,24H,15H2,1-4H3,(H,25,27). The van der Waals surface area contributed by atoms with Crippen molar-refractivity contribution in [3.8, 4) is 0 Å². The van der Waals surface area contributed by atoms with Crippen molar-refractivity contribution in [1.29, 1.82) is 0 Å². The van der Waals surface area contributed by atoms with Crippen LogP contribution >= 0.6 is 0 Å². The third-order valence-electron chi connectivity index (χ3n) is 5.12. The number of carbonyl (C=O) groups is 1. The van der Waals surface area contributed by atoms with Crippen molar-refractivity contribution in [1.82, 2.24) is 9.62 Å². The molecule has 6 nitrogen and oxygen atoms in total. The average molecular weight is 426 g/mol. The second-order valence-corrected chi connectivity index (χ2v) is 9.64. The van der Waals surface area contributed by atoms with Crippen LogP contribution in [0.25, 0.3) is 10.8 Å². The van der Waals surface area contributed by atoms with Crippen LogP contribution in [0.4, 0.5) is 5.69 Å². The van der Waals surface area contributed by atoms with Crippen LogP contribution in [0.15, 0.2) is 65.6 Å². The Hall–Kier alpha value is -2.74. The Balaban J connectivity index is 1.70. The normalized spacial score (nSPS) is 12.8. The number of amides is 1. The molecule has 1 unspecified atom stereocenters. The maximum Gasteiger partial charge on any atom is 0.242 e. The lowest BCUT2D eigenvalue weighted by Gasteiger charge is -2.17. The van der Waals surface area contributed by atoms with Gasteiger partial charge < -0.3 is 10.6 Å². The molecule has 0 spiro atoms. The van der Waals surface area contributed by atoms with Gasteiger partial charge >= 0.3 is 0 Å². The fourth-order valence-electron chi connectivity index (χ4n) is 3.29. The molecule has 0 saturated heterocycles. The van der Waals surface area contributed by atoms with Crippen molar-refractivity contribution in [2.75, 3.05) is 26.0 Å². The van der Waals surface area contributed by atoms with E-state index in [1.165, 1.54) is 20.2 Å². The van der Waals surface area contributed by atoms with E-state index in [2.05, 4.69) is 34.9 Å². The molecule has 0 heterocycles. The van der Waals surface area contributed by atoms with Crippen LogP contribution in [-0.2, 0) is 14.8 Å². The summed E-state index contributed by atoms with van der Waals surface area (Å²) in [5.74, 6) is -0.232. The maximum atomic E-state index is 12.5. The van der Waals surface area contributed by atoms with Crippen molar-refractivity contribution < 1.29 is 13.2 Å². The fraction of sp³-hybridized carbons (Fsp3) is 0.261. The Morgan fingerprint density at radius 3 is 2.47 bits per heavy atom. The average Bonchev–Trinajstić information content (AvgIpc) is 2.73. The first-order valence-corrected chi connectivity index (χ1v) is 11.2. The second-order valence-electron chi connectivity index (χ2n) is 7.48. The highest BCUT2D eigenvalue weighted by Gasteiger charge is 2.19. The Kier molecular flexibility index (Phi) is 6.55. The van der Waals surface area contributed by atoms with E-state index in [-0.39, 0.29) is 23.4 Å². The Morgan fingerprint density at radius 2 is 1.73 bits per heavy atom. The first kappa shape index (κ1) is 22.0. The molecule has 3 rings (SSSR count). The summed E-state index contributed by atoms with van der Waals surface area (Å²) in [6.45, 7) is 3.95. The van der Waals surface area contributed by atoms with Gasteiger partial charge in [-0.25, -0.2) is 12.7 Å². The van der Waals surface area contributed by atoms with Crippen molar-refractivity contribution >= 4 is 32.4 Å². The molecule has 0 radical (unpaired) electrons. The summed E-state index contributed by atoms with van der Waals surface area (Å²) in [5, 5.41) is 8.38. The summed E-state index contributed by atoms with van der Waals surface area (Å²) >= 11 is 0. The fourth-order valence-corrected chi connectivity index (χ4v) is 4.21. The zero-order valence-electron chi connectivity index (χ0n) is 17.6. The predicted octanol–water partition coefficient (Wildman–Crippen LogP) is 3.69. The molecule has 0 saturated carbocycles. The minimum Gasteiger partial charge on any atom is -0.325 e. The van der Waals surface area contributed by atoms with Crippen LogP contribution in [0.1, 0.15) is 24.1 Å². The molecular weight excluding hydrogens is 398 g/mol. The van der Waals surface area contributed by atoms with Gasteiger partial charge in [0.15, 0.2) is 0 Å². The van der Waals surface area contributed by atoms with E-state index < -0.39 is 10.0 Å². The molecule has 3 aromatic rings. The number of anilines is 1. The van der Waals surface area contributed by atoms with Crippen LogP contribution < -0.4 is 10.6 Å². The summed E-state index contributed by atoms with van der Waals surface area (Å²) in [4.78, 5) is 12.7. The summed E-state index contributed by atoms with van der Waals surface area (Å²) < 4.78 is 25.9. The van der Waals surface area contributed by atoms with E-state index in [9.17, 15) is 13.2 Å². The number of carbonyl (C=O) groups excluding carboxylic acids is 1. The second kappa shape index (κ2) is 8.95. The molecule has 0 fully saturated rings. The van der Waals surface area contributed by atoms with E-state index in [4.69, 9.17) is 0 Å². The lowest BCUT2D eigenvalue weighted by Crippen LogP contribution is -2.30. The number of rotatable bonds is 7. The Bertz CT molecular complexity index is 1170. The minimum absolute atomic E-state index is 0.0246. The summed E-state index contributed by atoms with van der Waals surface area (Å²) in [6, 6.07) is 19.0. The molecule has 0 aliphatic rings. The largest absolute Gasteiger partial charge is 0.325 e. The lowest BCUT2D eigenvalue weighted by molar-refractivity contribution is -0.115. The quantitative estimate of drug-likeness (QED) is 0.605. The Labute approximate surface area is 178 Å². The molecule has 158 valence electrons.